The number of benzene rings is 2. The Balaban J connectivity index is 1.63. The van der Waals surface area contributed by atoms with Gasteiger partial charge < -0.3 is 24.1 Å². The zero-order chi connectivity index (χ0) is 24.1. The monoisotopic (exact) mass is 455 g/mol. The first-order chi connectivity index (χ1) is 16.5. The molecule has 0 saturated heterocycles. The van der Waals surface area contributed by atoms with Crippen LogP contribution in [-0.4, -0.2) is 28.2 Å². The molecular formula is C26H21N3O5. The Morgan fingerprint density at radius 2 is 2.00 bits per heavy atom. The van der Waals surface area contributed by atoms with Gasteiger partial charge in [-0.05, 0) is 43.3 Å². The van der Waals surface area contributed by atoms with E-state index in [1.54, 1.807) is 36.5 Å². The van der Waals surface area contributed by atoms with Crippen LogP contribution in [0.2, 0.25) is 0 Å². The van der Waals surface area contributed by atoms with Gasteiger partial charge in [0.1, 0.15) is 23.2 Å². The molecule has 2 N–H and O–H groups in total. The molecule has 1 amide bonds. The summed E-state index contributed by atoms with van der Waals surface area (Å²) in [6, 6.07) is 19.5. The van der Waals surface area contributed by atoms with Crippen molar-refractivity contribution in [2.24, 2.45) is 0 Å². The number of aromatic nitrogens is 1. The van der Waals surface area contributed by atoms with E-state index < -0.39 is 11.9 Å². The third kappa shape index (κ3) is 4.84. The van der Waals surface area contributed by atoms with Gasteiger partial charge in [-0.15, -0.1) is 0 Å². The van der Waals surface area contributed by atoms with Crippen molar-refractivity contribution in [3.05, 3.63) is 89.5 Å². The van der Waals surface area contributed by atoms with Gasteiger partial charge in [-0.25, -0.2) is 4.79 Å². The molecule has 4 rings (SSSR count). The molecule has 0 bridgehead atoms. The van der Waals surface area contributed by atoms with Crippen molar-refractivity contribution in [2.75, 3.05) is 11.9 Å². The molecule has 0 saturated carbocycles. The number of carboxylic acid groups (broad SMARTS) is 1. The van der Waals surface area contributed by atoms with E-state index in [0.717, 1.165) is 10.9 Å². The van der Waals surface area contributed by atoms with Crippen molar-refractivity contribution in [1.29, 1.82) is 5.26 Å². The van der Waals surface area contributed by atoms with Gasteiger partial charge in [0, 0.05) is 34.4 Å². The van der Waals surface area contributed by atoms with Gasteiger partial charge in [0.25, 0.3) is 5.91 Å². The molecule has 0 aliphatic carbocycles. The predicted molar refractivity (Wildman–Crippen MR) is 127 cm³/mol. The van der Waals surface area contributed by atoms with E-state index in [-0.39, 0.29) is 11.3 Å². The number of hydrogen-bond acceptors (Lipinski definition) is 5. The molecule has 2 aromatic heterocycles. The van der Waals surface area contributed by atoms with Gasteiger partial charge in [-0.3, -0.25) is 4.79 Å². The molecule has 0 unspecified atom stereocenters. The summed E-state index contributed by atoms with van der Waals surface area (Å²) in [5.41, 5.74) is 1.99. The van der Waals surface area contributed by atoms with Gasteiger partial charge >= 0.3 is 5.97 Å². The van der Waals surface area contributed by atoms with Gasteiger partial charge in [0.05, 0.1) is 13.2 Å². The van der Waals surface area contributed by atoms with E-state index in [0.29, 0.717) is 35.9 Å². The molecule has 0 aliphatic rings. The van der Waals surface area contributed by atoms with Gasteiger partial charge in [-0.1, -0.05) is 24.3 Å². The predicted octanol–water partition coefficient (Wildman–Crippen LogP) is 4.93. The summed E-state index contributed by atoms with van der Waals surface area (Å²) in [4.78, 5) is 23.9. The maximum Gasteiger partial charge on any atom is 0.371 e. The average Bonchev–Trinajstić information content (AvgIpc) is 3.43. The van der Waals surface area contributed by atoms with E-state index >= 15 is 0 Å². The number of hydrogen-bond donors (Lipinski definition) is 2. The molecule has 2 heterocycles. The fourth-order valence-corrected chi connectivity index (χ4v) is 3.60. The number of nitrogens with one attached hydrogen (secondary N) is 1. The van der Waals surface area contributed by atoms with Crippen LogP contribution in [0.5, 0.6) is 5.75 Å². The summed E-state index contributed by atoms with van der Waals surface area (Å²) in [5.74, 6) is -0.715. The Morgan fingerprint density at radius 1 is 1.18 bits per heavy atom. The minimum absolute atomic E-state index is 0.0594. The van der Waals surface area contributed by atoms with Crippen LogP contribution in [0.4, 0.5) is 5.69 Å². The second kappa shape index (κ2) is 9.79. The van der Waals surface area contributed by atoms with Crippen molar-refractivity contribution >= 4 is 34.5 Å². The average molecular weight is 455 g/mol. The zero-order valence-corrected chi connectivity index (χ0v) is 18.3. The molecule has 0 fully saturated rings. The topological polar surface area (TPSA) is 117 Å². The van der Waals surface area contributed by atoms with Crippen LogP contribution in [-0.2, 0) is 11.3 Å². The van der Waals surface area contributed by atoms with Gasteiger partial charge in [0.15, 0.2) is 0 Å². The highest BCUT2D eigenvalue weighted by Crippen LogP contribution is 2.25. The first kappa shape index (κ1) is 22.4. The molecule has 8 heteroatoms. The number of aromatic carboxylic acids is 1. The van der Waals surface area contributed by atoms with E-state index in [9.17, 15) is 14.9 Å². The van der Waals surface area contributed by atoms with Crippen LogP contribution in [0.25, 0.3) is 17.0 Å². The number of carbonyl (C=O) groups excluding carboxylic acids is 1. The summed E-state index contributed by atoms with van der Waals surface area (Å²) >= 11 is 0. The molecule has 0 aliphatic heterocycles. The van der Waals surface area contributed by atoms with Gasteiger partial charge in [-0.2, -0.15) is 5.26 Å². The highest BCUT2D eigenvalue weighted by Gasteiger charge is 2.15. The Kier molecular flexibility index (Phi) is 6.46. The van der Waals surface area contributed by atoms with Crippen LogP contribution in [0.1, 0.15) is 28.8 Å². The number of ether oxygens (including phenoxy) is 1. The minimum Gasteiger partial charge on any atom is -0.494 e. The summed E-state index contributed by atoms with van der Waals surface area (Å²) in [6.45, 7) is 2.66. The smallest absolute Gasteiger partial charge is 0.371 e. The number of carboxylic acids is 1. The second-order valence-corrected chi connectivity index (χ2v) is 7.39. The first-order valence-electron chi connectivity index (χ1n) is 10.5. The molecular weight excluding hydrogens is 434 g/mol. The van der Waals surface area contributed by atoms with E-state index in [4.69, 9.17) is 14.3 Å². The van der Waals surface area contributed by atoms with Crippen LogP contribution in [0, 0.1) is 11.3 Å². The molecule has 0 radical (unpaired) electrons. The first-order valence-corrected chi connectivity index (χ1v) is 10.5. The van der Waals surface area contributed by atoms with Crippen molar-refractivity contribution in [3.8, 4) is 11.8 Å². The second-order valence-electron chi connectivity index (χ2n) is 7.39. The number of nitriles is 1. The van der Waals surface area contributed by atoms with Crippen molar-refractivity contribution in [3.63, 3.8) is 0 Å². The summed E-state index contributed by atoms with van der Waals surface area (Å²) in [6.07, 6.45) is 3.33. The lowest BCUT2D eigenvalue weighted by Gasteiger charge is -2.07. The Hall–Kier alpha value is -4.77. The summed E-state index contributed by atoms with van der Waals surface area (Å²) < 4.78 is 12.7. The molecule has 34 heavy (non-hydrogen) atoms. The fraction of sp³-hybridized carbons (Fsp3) is 0.115. The number of amides is 1. The molecule has 2 aromatic carbocycles. The lowest BCUT2D eigenvalue weighted by molar-refractivity contribution is -0.112. The standard InChI is InChI=1S/C26H21N3O5/c1-2-33-20-7-5-6-19(13-20)28-25(30)17(14-27)12-18-15-29(23-9-4-3-8-22(18)23)16-21-10-11-24(34-21)26(31)32/h3-13,15H,2,16H2,1H3,(H,28,30)(H,31,32)/b17-12-. The molecule has 0 spiro atoms. The van der Waals surface area contributed by atoms with E-state index in [2.05, 4.69) is 5.32 Å². The summed E-state index contributed by atoms with van der Waals surface area (Å²) in [7, 11) is 0. The van der Waals surface area contributed by atoms with Crippen LogP contribution in [0.15, 0.2) is 76.9 Å². The zero-order valence-electron chi connectivity index (χ0n) is 18.3. The highest BCUT2D eigenvalue weighted by atomic mass is 16.5. The number of nitrogens with zero attached hydrogens (tertiary/aromatic N) is 2. The van der Waals surface area contributed by atoms with Crippen LogP contribution in [0.3, 0.4) is 0 Å². The normalized spacial score (nSPS) is 11.2. The number of para-hydroxylation sites is 1. The van der Waals surface area contributed by atoms with Crippen molar-refractivity contribution in [2.45, 2.75) is 13.5 Å². The van der Waals surface area contributed by atoms with Crippen LogP contribution >= 0.6 is 0 Å². The Bertz CT molecular complexity index is 1440. The molecule has 170 valence electrons. The molecule has 8 nitrogen and oxygen atoms in total. The lowest BCUT2D eigenvalue weighted by atomic mass is 10.1. The number of rotatable bonds is 8. The lowest BCUT2D eigenvalue weighted by Crippen LogP contribution is -2.13. The maximum absolute atomic E-state index is 12.8. The largest absolute Gasteiger partial charge is 0.494 e. The SMILES string of the molecule is CCOc1cccc(NC(=O)/C(C#N)=C\c2cn(Cc3ccc(C(=O)O)o3)c3ccccc23)c1. The number of fused-ring (bicyclic) bond motifs is 1. The maximum atomic E-state index is 12.8. The molecule has 0 atom stereocenters. The van der Waals surface area contributed by atoms with Crippen molar-refractivity contribution < 1.29 is 23.8 Å². The quantitative estimate of drug-likeness (QED) is 0.287. The number of furan rings is 1. The number of carbonyl (C=O) groups is 2. The van der Waals surface area contributed by atoms with E-state index in [1.807, 2.05) is 41.8 Å². The fourth-order valence-electron chi connectivity index (χ4n) is 3.60. The van der Waals surface area contributed by atoms with Crippen LogP contribution < -0.4 is 10.1 Å². The van der Waals surface area contributed by atoms with E-state index in [1.165, 1.54) is 12.1 Å². The number of anilines is 1. The molecule has 4 aromatic rings. The highest BCUT2D eigenvalue weighted by molar-refractivity contribution is 6.10. The summed E-state index contributed by atoms with van der Waals surface area (Å²) in [5, 5.41) is 22.3. The third-order valence-electron chi connectivity index (χ3n) is 5.09. The Morgan fingerprint density at radius 3 is 2.74 bits per heavy atom. The van der Waals surface area contributed by atoms with Crippen molar-refractivity contribution in [1.82, 2.24) is 4.57 Å². The Labute approximate surface area is 195 Å². The minimum atomic E-state index is -1.14. The van der Waals surface area contributed by atoms with Gasteiger partial charge in [0.2, 0.25) is 5.76 Å². The third-order valence-corrected chi connectivity index (χ3v) is 5.09.